The lowest BCUT2D eigenvalue weighted by Gasteiger charge is -2.37. The molecule has 0 radical (unpaired) electrons. The Morgan fingerprint density at radius 2 is 2.12 bits per heavy atom. The van der Waals surface area contributed by atoms with Gasteiger partial charge in [0.15, 0.2) is 0 Å². The summed E-state index contributed by atoms with van der Waals surface area (Å²) >= 11 is 0. The Labute approximate surface area is 151 Å². The molecule has 0 aromatic carbocycles. The fraction of sp³-hybridized carbons (Fsp3) is 0.556. The Morgan fingerprint density at radius 3 is 2.85 bits per heavy atom. The van der Waals surface area contributed by atoms with Gasteiger partial charge in [0.25, 0.3) is 5.91 Å². The first-order valence-corrected chi connectivity index (χ1v) is 9.15. The van der Waals surface area contributed by atoms with Crippen LogP contribution in [0, 0.1) is 0 Å². The van der Waals surface area contributed by atoms with Crippen LogP contribution in [0.25, 0.3) is 0 Å². The minimum atomic E-state index is -0.774. The molecular formula is C18H23N5O3. The van der Waals surface area contributed by atoms with Crippen molar-refractivity contribution < 1.29 is 14.4 Å². The topological polar surface area (TPSA) is 94.6 Å². The van der Waals surface area contributed by atoms with Crippen molar-refractivity contribution in [3.63, 3.8) is 0 Å². The molecular weight excluding hydrogens is 334 g/mol. The molecule has 26 heavy (non-hydrogen) atoms. The quantitative estimate of drug-likeness (QED) is 0.765. The number of nitrogens with zero attached hydrogens (tertiary/aromatic N) is 3. The standard InChI is InChI=1S/C18H23N5O3/c24-15(12-23-16(25)18(21-17(23)26)5-1-2-6-18)22-9-8-20-11-14(22)13-4-3-7-19-10-13/h3-4,7,10,14,20H,1-2,5-6,8-9,11-12H2,(H,21,26). The second-order valence-corrected chi connectivity index (χ2v) is 7.20. The molecule has 2 saturated heterocycles. The van der Waals surface area contributed by atoms with Crippen molar-refractivity contribution in [3.8, 4) is 0 Å². The highest BCUT2D eigenvalue weighted by atomic mass is 16.2. The van der Waals surface area contributed by atoms with Crippen LogP contribution in [0.4, 0.5) is 4.79 Å². The molecule has 3 fully saturated rings. The van der Waals surface area contributed by atoms with E-state index >= 15 is 0 Å². The molecule has 1 unspecified atom stereocenters. The summed E-state index contributed by atoms with van der Waals surface area (Å²) in [5.41, 5.74) is 0.168. The van der Waals surface area contributed by atoms with Crippen molar-refractivity contribution >= 4 is 17.8 Å². The molecule has 3 aliphatic rings. The molecule has 1 aliphatic carbocycles. The number of rotatable bonds is 3. The Hall–Kier alpha value is -2.48. The van der Waals surface area contributed by atoms with E-state index in [-0.39, 0.29) is 24.4 Å². The first-order valence-electron chi connectivity index (χ1n) is 9.15. The maximum absolute atomic E-state index is 12.9. The number of imide groups is 1. The normalized spacial score (nSPS) is 25.0. The molecule has 8 nitrogen and oxygen atoms in total. The third-order valence-electron chi connectivity index (χ3n) is 5.63. The zero-order valence-electron chi connectivity index (χ0n) is 14.6. The van der Waals surface area contributed by atoms with Crippen molar-refractivity contribution in [2.75, 3.05) is 26.2 Å². The summed E-state index contributed by atoms with van der Waals surface area (Å²) in [5.74, 6) is -0.458. The number of carbonyl (C=O) groups excluding carboxylic acids is 3. The van der Waals surface area contributed by atoms with Gasteiger partial charge < -0.3 is 15.5 Å². The van der Waals surface area contributed by atoms with E-state index in [1.54, 1.807) is 17.3 Å². The van der Waals surface area contributed by atoms with Crippen molar-refractivity contribution in [2.45, 2.75) is 37.3 Å². The highest BCUT2D eigenvalue weighted by Gasteiger charge is 2.53. The summed E-state index contributed by atoms with van der Waals surface area (Å²) < 4.78 is 0. The second kappa shape index (κ2) is 6.68. The number of hydrogen-bond donors (Lipinski definition) is 2. The lowest BCUT2D eigenvalue weighted by atomic mass is 9.98. The van der Waals surface area contributed by atoms with E-state index in [1.807, 2.05) is 12.1 Å². The average molecular weight is 357 g/mol. The van der Waals surface area contributed by atoms with Gasteiger partial charge in [-0.05, 0) is 24.5 Å². The van der Waals surface area contributed by atoms with Gasteiger partial charge in [-0.25, -0.2) is 4.79 Å². The Kier molecular flexibility index (Phi) is 4.36. The SMILES string of the molecule is O=C1NC2(CCCC2)C(=O)N1CC(=O)N1CCNCC1c1cccnc1. The van der Waals surface area contributed by atoms with Gasteiger partial charge in [0.05, 0.1) is 6.04 Å². The zero-order valence-corrected chi connectivity index (χ0v) is 14.6. The van der Waals surface area contributed by atoms with Gasteiger partial charge in [0.2, 0.25) is 5.91 Å². The molecule has 0 bridgehead atoms. The van der Waals surface area contributed by atoms with Gasteiger partial charge in [-0.3, -0.25) is 19.5 Å². The third-order valence-corrected chi connectivity index (χ3v) is 5.63. The maximum atomic E-state index is 12.9. The molecule has 2 N–H and O–H groups in total. The van der Waals surface area contributed by atoms with Crippen molar-refractivity contribution in [1.82, 2.24) is 25.4 Å². The number of carbonyl (C=O) groups is 3. The fourth-order valence-electron chi connectivity index (χ4n) is 4.24. The smallest absolute Gasteiger partial charge is 0.325 e. The van der Waals surface area contributed by atoms with Gasteiger partial charge in [0, 0.05) is 32.0 Å². The molecule has 8 heteroatoms. The Balaban J connectivity index is 1.50. The molecule has 1 aromatic rings. The fourth-order valence-corrected chi connectivity index (χ4v) is 4.24. The number of hydrogen-bond acceptors (Lipinski definition) is 5. The second-order valence-electron chi connectivity index (χ2n) is 7.20. The molecule has 1 atom stereocenters. The molecule has 2 aliphatic heterocycles. The summed E-state index contributed by atoms with van der Waals surface area (Å²) in [4.78, 5) is 45.0. The monoisotopic (exact) mass is 357 g/mol. The van der Waals surface area contributed by atoms with Gasteiger partial charge >= 0.3 is 6.03 Å². The Morgan fingerprint density at radius 1 is 1.31 bits per heavy atom. The largest absolute Gasteiger partial charge is 0.331 e. The van der Waals surface area contributed by atoms with Crippen LogP contribution >= 0.6 is 0 Å². The van der Waals surface area contributed by atoms with Gasteiger partial charge in [-0.2, -0.15) is 0 Å². The predicted molar refractivity (Wildman–Crippen MR) is 93.0 cm³/mol. The van der Waals surface area contributed by atoms with Crippen LogP contribution in [-0.4, -0.2) is 64.3 Å². The van der Waals surface area contributed by atoms with Crippen LogP contribution in [0.1, 0.15) is 37.3 Å². The van der Waals surface area contributed by atoms with Crippen LogP contribution in [-0.2, 0) is 9.59 Å². The minimum Gasteiger partial charge on any atom is -0.331 e. The van der Waals surface area contributed by atoms with Gasteiger partial charge in [-0.1, -0.05) is 18.9 Å². The molecule has 1 aromatic heterocycles. The molecule has 1 spiro atoms. The van der Waals surface area contributed by atoms with E-state index in [4.69, 9.17) is 0 Å². The number of pyridine rings is 1. The van der Waals surface area contributed by atoms with Crippen LogP contribution in [0.15, 0.2) is 24.5 Å². The summed E-state index contributed by atoms with van der Waals surface area (Å²) in [7, 11) is 0. The highest BCUT2D eigenvalue weighted by molar-refractivity contribution is 6.09. The van der Waals surface area contributed by atoms with Crippen molar-refractivity contribution in [1.29, 1.82) is 0 Å². The molecule has 1 saturated carbocycles. The van der Waals surface area contributed by atoms with Gasteiger partial charge in [0.1, 0.15) is 12.1 Å². The van der Waals surface area contributed by atoms with E-state index in [9.17, 15) is 14.4 Å². The minimum absolute atomic E-state index is 0.147. The van der Waals surface area contributed by atoms with E-state index < -0.39 is 11.6 Å². The van der Waals surface area contributed by atoms with Crippen LogP contribution in [0.2, 0.25) is 0 Å². The lowest BCUT2D eigenvalue weighted by Crippen LogP contribution is -2.52. The summed E-state index contributed by atoms with van der Waals surface area (Å²) in [6, 6.07) is 3.18. The summed E-state index contributed by atoms with van der Waals surface area (Å²) in [6.45, 7) is 1.64. The van der Waals surface area contributed by atoms with Gasteiger partial charge in [-0.15, -0.1) is 0 Å². The number of nitrogens with one attached hydrogen (secondary N) is 2. The number of amides is 4. The Bertz CT molecular complexity index is 717. The lowest BCUT2D eigenvalue weighted by molar-refractivity contribution is -0.140. The first kappa shape index (κ1) is 17.0. The molecule has 4 amide bonds. The van der Waals surface area contributed by atoms with E-state index in [0.29, 0.717) is 32.5 Å². The third kappa shape index (κ3) is 2.84. The first-order chi connectivity index (χ1) is 12.6. The van der Waals surface area contributed by atoms with E-state index in [0.717, 1.165) is 23.3 Å². The number of urea groups is 1. The van der Waals surface area contributed by atoms with E-state index in [1.165, 1.54) is 0 Å². The van der Waals surface area contributed by atoms with Crippen LogP contribution in [0.3, 0.4) is 0 Å². The number of piperazine rings is 1. The van der Waals surface area contributed by atoms with Crippen LogP contribution < -0.4 is 10.6 Å². The van der Waals surface area contributed by atoms with Crippen molar-refractivity contribution in [2.24, 2.45) is 0 Å². The maximum Gasteiger partial charge on any atom is 0.325 e. The number of aromatic nitrogens is 1. The molecule has 138 valence electrons. The predicted octanol–water partition coefficient (Wildman–Crippen LogP) is 0.419. The summed E-state index contributed by atoms with van der Waals surface area (Å²) in [6.07, 6.45) is 6.62. The zero-order chi connectivity index (χ0) is 18.1. The van der Waals surface area contributed by atoms with Crippen molar-refractivity contribution in [3.05, 3.63) is 30.1 Å². The highest BCUT2D eigenvalue weighted by Crippen LogP contribution is 2.35. The average Bonchev–Trinajstić information content (AvgIpc) is 3.23. The van der Waals surface area contributed by atoms with E-state index in [2.05, 4.69) is 15.6 Å². The summed E-state index contributed by atoms with van der Waals surface area (Å²) in [5, 5.41) is 6.11. The molecule has 3 heterocycles. The molecule has 4 rings (SSSR count). The van der Waals surface area contributed by atoms with Crippen LogP contribution in [0.5, 0.6) is 0 Å².